The third kappa shape index (κ3) is 6.34. The van der Waals surface area contributed by atoms with Gasteiger partial charge < -0.3 is 10.1 Å². The van der Waals surface area contributed by atoms with Crippen LogP contribution in [0.1, 0.15) is 16.7 Å². The Morgan fingerprint density at radius 1 is 1.00 bits per heavy atom. The van der Waals surface area contributed by atoms with Crippen molar-refractivity contribution in [1.29, 1.82) is 5.26 Å². The fourth-order valence-electron chi connectivity index (χ4n) is 3.65. The molecule has 0 spiro atoms. The molecule has 12 heteroatoms. The predicted octanol–water partition coefficient (Wildman–Crippen LogP) is 5.61. The van der Waals surface area contributed by atoms with E-state index in [-0.39, 0.29) is 17.3 Å². The van der Waals surface area contributed by atoms with Gasteiger partial charge in [-0.25, -0.2) is 13.4 Å². The van der Waals surface area contributed by atoms with E-state index in [1.807, 2.05) is 6.07 Å². The molecular formula is C27H22F3N5O3S. The van der Waals surface area contributed by atoms with Gasteiger partial charge in [-0.2, -0.15) is 22.7 Å². The Morgan fingerprint density at radius 2 is 1.74 bits per heavy atom. The van der Waals surface area contributed by atoms with Crippen LogP contribution in [0, 0.1) is 11.3 Å². The molecule has 2 aromatic carbocycles. The fourth-order valence-corrected chi connectivity index (χ4v) is 4.84. The molecule has 0 bridgehead atoms. The van der Waals surface area contributed by atoms with E-state index in [4.69, 9.17) is 10.00 Å². The number of nitrogens with zero attached hydrogens (tertiary/aromatic N) is 4. The van der Waals surface area contributed by atoms with Gasteiger partial charge in [0.2, 0.25) is 10.0 Å². The first kappa shape index (κ1) is 27.6. The lowest BCUT2D eigenvalue weighted by Gasteiger charge is -2.19. The van der Waals surface area contributed by atoms with Crippen LogP contribution in [0.25, 0.3) is 11.3 Å². The Balaban J connectivity index is 1.69. The van der Waals surface area contributed by atoms with Gasteiger partial charge in [0.1, 0.15) is 17.6 Å². The van der Waals surface area contributed by atoms with Crippen LogP contribution in [0.5, 0.6) is 5.75 Å². The molecule has 39 heavy (non-hydrogen) atoms. The predicted molar refractivity (Wildman–Crippen MR) is 139 cm³/mol. The van der Waals surface area contributed by atoms with Gasteiger partial charge in [0.25, 0.3) is 0 Å². The van der Waals surface area contributed by atoms with Crippen molar-refractivity contribution >= 4 is 21.5 Å². The van der Waals surface area contributed by atoms with Gasteiger partial charge in [0, 0.05) is 37.2 Å². The maximum Gasteiger partial charge on any atom is 0.417 e. The molecule has 8 nitrogen and oxygen atoms in total. The van der Waals surface area contributed by atoms with Gasteiger partial charge in [0.05, 0.1) is 28.8 Å². The van der Waals surface area contributed by atoms with E-state index >= 15 is 0 Å². The lowest BCUT2D eigenvalue weighted by atomic mass is 10.1. The van der Waals surface area contributed by atoms with Crippen molar-refractivity contribution < 1.29 is 26.3 Å². The second kappa shape index (κ2) is 11.1. The number of benzene rings is 2. The van der Waals surface area contributed by atoms with Crippen molar-refractivity contribution in [2.75, 3.05) is 19.5 Å². The topological polar surface area (TPSA) is 108 Å². The molecular weight excluding hydrogens is 531 g/mol. The lowest BCUT2D eigenvalue weighted by molar-refractivity contribution is -0.137. The minimum absolute atomic E-state index is 0.0226. The second-order valence-corrected chi connectivity index (χ2v) is 10.5. The molecule has 0 atom stereocenters. The monoisotopic (exact) mass is 553 g/mol. The van der Waals surface area contributed by atoms with Gasteiger partial charge in [-0.15, -0.1) is 0 Å². The number of hydrogen-bond donors (Lipinski definition) is 1. The van der Waals surface area contributed by atoms with Crippen LogP contribution in [0.4, 0.5) is 24.7 Å². The number of aromatic nitrogens is 2. The molecule has 0 aliphatic rings. The number of alkyl halides is 3. The number of halogens is 3. The van der Waals surface area contributed by atoms with Crippen molar-refractivity contribution in [3.8, 4) is 23.1 Å². The summed E-state index contributed by atoms with van der Waals surface area (Å²) in [7, 11) is -0.959. The first-order chi connectivity index (χ1) is 18.5. The number of anilines is 2. The summed E-state index contributed by atoms with van der Waals surface area (Å²) in [6.07, 6.45) is -2.49. The summed E-state index contributed by atoms with van der Waals surface area (Å²) in [5.41, 5.74) is 1.21. The summed E-state index contributed by atoms with van der Waals surface area (Å²) in [4.78, 5) is 8.08. The van der Waals surface area contributed by atoms with Crippen molar-refractivity contribution in [3.05, 3.63) is 95.8 Å². The van der Waals surface area contributed by atoms with E-state index in [1.165, 1.54) is 55.0 Å². The molecule has 0 fully saturated rings. The first-order valence-electron chi connectivity index (χ1n) is 11.4. The number of sulfonamides is 1. The number of nitrogens with one attached hydrogen (secondary N) is 1. The normalized spacial score (nSPS) is 11.7. The van der Waals surface area contributed by atoms with Crippen molar-refractivity contribution in [3.63, 3.8) is 0 Å². The zero-order valence-corrected chi connectivity index (χ0v) is 21.6. The maximum absolute atomic E-state index is 13.4. The number of rotatable bonds is 8. The third-order valence-electron chi connectivity index (χ3n) is 5.79. The smallest absolute Gasteiger partial charge is 0.417 e. The SMILES string of the molecule is COc1ccc(CN(C)S(=O)(=O)c2ccc(Nc3ccc(C(F)(F)F)cn3)c(-c3ccc(C#N)cn3)c2)cc1. The molecule has 4 aromatic rings. The van der Waals surface area contributed by atoms with Crippen LogP contribution in [-0.4, -0.2) is 36.8 Å². The Labute approximate surface area is 223 Å². The van der Waals surface area contributed by atoms with Crippen LogP contribution in [0.15, 0.2) is 84.0 Å². The average molecular weight is 554 g/mol. The highest BCUT2D eigenvalue weighted by Crippen LogP contribution is 2.34. The number of methoxy groups -OCH3 is 1. The minimum atomic E-state index is -4.53. The highest BCUT2D eigenvalue weighted by Gasteiger charge is 2.30. The van der Waals surface area contributed by atoms with Gasteiger partial charge >= 0.3 is 6.18 Å². The minimum Gasteiger partial charge on any atom is -0.497 e. The third-order valence-corrected chi connectivity index (χ3v) is 7.58. The Hall–Kier alpha value is -4.47. The molecule has 0 aliphatic heterocycles. The Bertz CT molecular complexity index is 1600. The van der Waals surface area contributed by atoms with Gasteiger partial charge in [-0.05, 0) is 60.2 Å². The largest absolute Gasteiger partial charge is 0.497 e. The maximum atomic E-state index is 13.4. The molecule has 4 rings (SSSR count). The van der Waals surface area contributed by atoms with Gasteiger partial charge in [0.15, 0.2) is 0 Å². The van der Waals surface area contributed by atoms with Crippen LogP contribution in [-0.2, 0) is 22.7 Å². The van der Waals surface area contributed by atoms with Crippen LogP contribution < -0.4 is 10.1 Å². The van der Waals surface area contributed by atoms with E-state index in [0.29, 0.717) is 34.5 Å². The fraction of sp³-hybridized carbons (Fsp3) is 0.148. The number of nitriles is 1. The van der Waals surface area contributed by atoms with Crippen LogP contribution in [0.3, 0.4) is 0 Å². The molecule has 0 amide bonds. The van der Waals surface area contributed by atoms with E-state index in [9.17, 15) is 21.6 Å². The Kier molecular flexibility index (Phi) is 7.85. The van der Waals surface area contributed by atoms with Crippen molar-refractivity contribution in [1.82, 2.24) is 14.3 Å². The molecule has 2 heterocycles. The van der Waals surface area contributed by atoms with Gasteiger partial charge in [-0.3, -0.25) is 4.98 Å². The Morgan fingerprint density at radius 3 is 2.31 bits per heavy atom. The zero-order chi connectivity index (χ0) is 28.2. The number of pyridine rings is 2. The summed E-state index contributed by atoms with van der Waals surface area (Å²) in [6.45, 7) is 0.103. The molecule has 0 saturated heterocycles. The molecule has 0 unspecified atom stereocenters. The molecule has 0 radical (unpaired) electrons. The second-order valence-electron chi connectivity index (χ2n) is 8.42. The van der Waals surface area contributed by atoms with E-state index in [0.717, 1.165) is 11.6 Å². The highest BCUT2D eigenvalue weighted by atomic mass is 32.2. The summed E-state index contributed by atoms with van der Waals surface area (Å²) < 4.78 is 72.0. The summed E-state index contributed by atoms with van der Waals surface area (Å²) in [5, 5.41) is 12.0. The van der Waals surface area contributed by atoms with Gasteiger partial charge in [-0.1, -0.05) is 12.1 Å². The summed E-state index contributed by atoms with van der Waals surface area (Å²) in [5.74, 6) is 0.763. The first-order valence-corrected chi connectivity index (χ1v) is 12.9. The molecule has 0 saturated carbocycles. The lowest BCUT2D eigenvalue weighted by Crippen LogP contribution is -2.26. The van der Waals surface area contributed by atoms with E-state index < -0.39 is 21.8 Å². The standard InChI is InChI=1S/C27H22F3N5O3S/c1-35(17-18-3-7-21(38-2)8-4-18)39(36,37)22-9-11-25(23(13-22)24-10-5-19(14-31)15-32-24)34-26-12-6-20(16-33-26)27(28,29)30/h3-13,15-16H,17H2,1-2H3,(H,33,34). The molecule has 1 N–H and O–H groups in total. The van der Waals surface area contributed by atoms with Crippen molar-refractivity contribution in [2.24, 2.45) is 0 Å². The van der Waals surface area contributed by atoms with Crippen LogP contribution in [0.2, 0.25) is 0 Å². The highest BCUT2D eigenvalue weighted by molar-refractivity contribution is 7.89. The van der Waals surface area contributed by atoms with Crippen molar-refractivity contribution in [2.45, 2.75) is 17.6 Å². The quantitative estimate of drug-likeness (QED) is 0.302. The average Bonchev–Trinajstić information content (AvgIpc) is 2.93. The number of ether oxygens (including phenoxy) is 1. The van der Waals surface area contributed by atoms with Crippen LogP contribution >= 0.6 is 0 Å². The molecule has 0 aliphatic carbocycles. The number of hydrogen-bond acceptors (Lipinski definition) is 7. The zero-order valence-electron chi connectivity index (χ0n) is 20.8. The summed E-state index contributed by atoms with van der Waals surface area (Å²) in [6, 6.07) is 18.4. The van der Waals surface area contributed by atoms with E-state index in [2.05, 4.69) is 15.3 Å². The van der Waals surface area contributed by atoms with E-state index in [1.54, 1.807) is 30.3 Å². The molecule has 200 valence electrons. The summed E-state index contributed by atoms with van der Waals surface area (Å²) >= 11 is 0. The molecule has 2 aromatic heterocycles.